The van der Waals surface area contributed by atoms with Crippen molar-refractivity contribution in [2.45, 2.75) is 34.0 Å². The molecule has 0 radical (unpaired) electrons. The van der Waals surface area contributed by atoms with Crippen LogP contribution >= 0.6 is 0 Å². The standard InChI is InChI=1S/C19H19O3.3CH3.Sn/c1-19(20-2,16-8-4-3-5-9-16)14-21-12-15-13-22-18-11-7-6-10-17(15)18;;;;/h3-11,13H,2,12,14H2,1H3;3*1H3;. The minimum absolute atomic E-state index is 0.439. The number of hydrogen-bond acceptors (Lipinski definition) is 3. The predicted octanol–water partition coefficient (Wildman–Crippen LogP) is 5.76. The molecule has 0 aliphatic rings. The van der Waals surface area contributed by atoms with Gasteiger partial charge in [-0.05, 0) is 0 Å². The Labute approximate surface area is 160 Å². The van der Waals surface area contributed by atoms with Gasteiger partial charge in [-0.2, -0.15) is 0 Å². The molecule has 26 heavy (non-hydrogen) atoms. The molecular weight excluding hydrogens is 431 g/mol. The van der Waals surface area contributed by atoms with Crippen molar-refractivity contribution in [3.63, 3.8) is 0 Å². The molecule has 1 atom stereocenters. The SMILES string of the molecule is CC(COCc1coc2ccccc12)(O[CH2][Sn]([CH3])([CH3])[CH3])c1ccccc1. The molecule has 0 fully saturated rings. The summed E-state index contributed by atoms with van der Waals surface area (Å²) in [7, 11) is 0. The maximum absolute atomic E-state index is 6.43. The van der Waals surface area contributed by atoms with E-state index in [2.05, 4.69) is 52.1 Å². The second kappa shape index (κ2) is 8.15. The van der Waals surface area contributed by atoms with Crippen molar-refractivity contribution in [2.75, 3.05) is 11.2 Å². The van der Waals surface area contributed by atoms with E-state index in [0.29, 0.717) is 13.2 Å². The number of hydrogen-bond donors (Lipinski definition) is 0. The van der Waals surface area contributed by atoms with Gasteiger partial charge in [-0.1, -0.05) is 0 Å². The molecule has 0 bridgehead atoms. The monoisotopic (exact) mass is 460 g/mol. The molecule has 1 unspecified atom stereocenters. The first-order valence-corrected chi connectivity index (χ1v) is 19.7. The van der Waals surface area contributed by atoms with Gasteiger partial charge < -0.3 is 0 Å². The van der Waals surface area contributed by atoms with Gasteiger partial charge in [0.25, 0.3) is 0 Å². The summed E-state index contributed by atoms with van der Waals surface area (Å²) in [6, 6.07) is 18.4. The fourth-order valence-corrected chi connectivity index (χ4v) is 5.02. The van der Waals surface area contributed by atoms with Gasteiger partial charge >= 0.3 is 160 Å². The molecule has 3 rings (SSSR count). The van der Waals surface area contributed by atoms with E-state index >= 15 is 0 Å². The average molecular weight is 459 g/mol. The van der Waals surface area contributed by atoms with Gasteiger partial charge in [-0.3, -0.25) is 0 Å². The first-order chi connectivity index (χ1) is 12.4. The van der Waals surface area contributed by atoms with Crippen molar-refractivity contribution >= 4 is 29.3 Å². The Hall–Kier alpha value is -1.30. The number of para-hydroxylation sites is 1. The fraction of sp³-hybridized carbons (Fsp3) is 0.364. The summed E-state index contributed by atoms with van der Waals surface area (Å²) < 4.78 is 19.0. The molecule has 0 saturated carbocycles. The second-order valence-corrected chi connectivity index (χ2v) is 23.6. The zero-order valence-corrected chi connectivity index (χ0v) is 19.0. The summed E-state index contributed by atoms with van der Waals surface area (Å²) in [5.74, 6) is 0. The van der Waals surface area contributed by atoms with Crippen LogP contribution in [0.5, 0.6) is 0 Å². The molecule has 3 aromatic rings. The summed E-state index contributed by atoms with van der Waals surface area (Å²) in [4.78, 5) is 7.16. The predicted molar refractivity (Wildman–Crippen MR) is 109 cm³/mol. The van der Waals surface area contributed by atoms with E-state index in [1.54, 1.807) is 6.26 Å². The van der Waals surface area contributed by atoms with E-state index < -0.39 is 24.0 Å². The summed E-state index contributed by atoms with van der Waals surface area (Å²) in [5.41, 5.74) is 2.69. The van der Waals surface area contributed by atoms with Crippen molar-refractivity contribution in [1.29, 1.82) is 0 Å². The van der Waals surface area contributed by atoms with Gasteiger partial charge in [0.1, 0.15) is 0 Å². The van der Waals surface area contributed by atoms with Crippen LogP contribution in [0.3, 0.4) is 0 Å². The van der Waals surface area contributed by atoms with Crippen molar-refractivity contribution in [3.05, 3.63) is 72.0 Å². The first-order valence-electron chi connectivity index (χ1n) is 9.10. The fourth-order valence-electron chi connectivity index (χ4n) is 2.88. The molecule has 3 nitrogen and oxygen atoms in total. The van der Waals surface area contributed by atoms with Crippen LogP contribution in [0.25, 0.3) is 11.0 Å². The Balaban J connectivity index is 1.71. The number of furan rings is 1. The van der Waals surface area contributed by atoms with Gasteiger partial charge in [-0.25, -0.2) is 0 Å². The zero-order valence-electron chi connectivity index (χ0n) is 16.1. The second-order valence-electron chi connectivity index (χ2n) is 8.20. The summed E-state index contributed by atoms with van der Waals surface area (Å²) in [6.45, 7) is 3.16. The molecule has 0 N–H and O–H groups in total. The Morgan fingerprint density at radius 2 is 1.65 bits per heavy atom. The Morgan fingerprint density at radius 3 is 2.38 bits per heavy atom. The topological polar surface area (TPSA) is 31.6 Å². The molecule has 138 valence electrons. The van der Waals surface area contributed by atoms with Gasteiger partial charge in [-0.15, -0.1) is 0 Å². The third-order valence-corrected chi connectivity index (χ3v) is 7.29. The van der Waals surface area contributed by atoms with E-state index in [-0.39, 0.29) is 0 Å². The number of fused-ring (bicyclic) bond motifs is 1. The van der Waals surface area contributed by atoms with Crippen LogP contribution in [0.2, 0.25) is 14.8 Å². The minimum atomic E-state index is -2.05. The molecule has 0 aliphatic heterocycles. The van der Waals surface area contributed by atoms with Gasteiger partial charge in [0, 0.05) is 0 Å². The van der Waals surface area contributed by atoms with E-state index in [1.807, 2.05) is 24.3 Å². The summed E-state index contributed by atoms with van der Waals surface area (Å²) in [6.07, 6.45) is 1.79. The van der Waals surface area contributed by atoms with Crippen molar-refractivity contribution in [1.82, 2.24) is 0 Å². The van der Waals surface area contributed by atoms with E-state index in [4.69, 9.17) is 13.9 Å². The van der Waals surface area contributed by atoms with Crippen LogP contribution in [0.15, 0.2) is 65.3 Å². The number of ether oxygens (including phenoxy) is 2. The summed E-state index contributed by atoms with van der Waals surface area (Å²) in [5, 5.41) is 1.11. The Bertz CT molecular complexity index is 835. The number of rotatable bonds is 8. The first kappa shape index (κ1) is 19.5. The third-order valence-electron chi connectivity index (χ3n) is 4.40. The molecule has 1 heterocycles. The Morgan fingerprint density at radius 1 is 0.962 bits per heavy atom. The van der Waals surface area contributed by atoms with Crippen LogP contribution in [0, 0.1) is 0 Å². The molecular formula is C22H28O3Sn. The van der Waals surface area contributed by atoms with Crippen LogP contribution in [-0.4, -0.2) is 29.6 Å². The van der Waals surface area contributed by atoms with Crippen LogP contribution in [0.1, 0.15) is 18.1 Å². The molecule has 0 amide bonds. The van der Waals surface area contributed by atoms with Crippen molar-refractivity contribution in [2.24, 2.45) is 0 Å². The van der Waals surface area contributed by atoms with Gasteiger partial charge in [0.2, 0.25) is 0 Å². The molecule has 4 heteroatoms. The van der Waals surface area contributed by atoms with Crippen molar-refractivity contribution in [3.8, 4) is 0 Å². The molecule has 1 aromatic heterocycles. The van der Waals surface area contributed by atoms with Gasteiger partial charge in [0.15, 0.2) is 0 Å². The molecule has 0 saturated heterocycles. The van der Waals surface area contributed by atoms with E-state index in [1.165, 1.54) is 0 Å². The number of benzene rings is 2. The molecule has 0 aliphatic carbocycles. The Kier molecular flexibility index (Phi) is 6.10. The van der Waals surface area contributed by atoms with Crippen LogP contribution < -0.4 is 0 Å². The van der Waals surface area contributed by atoms with E-state index in [9.17, 15) is 0 Å². The third kappa shape index (κ3) is 4.90. The quantitative estimate of drug-likeness (QED) is 0.402. The van der Waals surface area contributed by atoms with E-state index in [0.717, 1.165) is 26.7 Å². The van der Waals surface area contributed by atoms with Crippen LogP contribution in [-0.2, 0) is 21.7 Å². The average Bonchev–Trinajstić information content (AvgIpc) is 3.04. The normalized spacial score (nSPS) is 14.5. The zero-order chi connectivity index (χ0) is 18.6. The summed E-state index contributed by atoms with van der Waals surface area (Å²) >= 11 is -2.05. The van der Waals surface area contributed by atoms with Crippen LogP contribution in [0.4, 0.5) is 0 Å². The molecule has 0 spiro atoms. The van der Waals surface area contributed by atoms with Crippen molar-refractivity contribution < 1.29 is 13.9 Å². The molecule has 2 aromatic carbocycles. The van der Waals surface area contributed by atoms with Gasteiger partial charge in [0.05, 0.1) is 0 Å². The maximum atomic E-state index is 6.43.